The summed E-state index contributed by atoms with van der Waals surface area (Å²) >= 11 is 0. The molecule has 0 aliphatic heterocycles. The molecule has 0 aliphatic carbocycles. The minimum absolute atomic E-state index is 0.0361. The second kappa shape index (κ2) is 6.55. The zero-order valence-corrected chi connectivity index (χ0v) is 12.6. The number of benzene rings is 2. The van der Waals surface area contributed by atoms with Gasteiger partial charge >= 0.3 is 0 Å². The number of ether oxygens (including phenoxy) is 1. The lowest BCUT2D eigenvalue weighted by Crippen LogP contribution is -2.01. The standard InChI is InChI=1S/C16H14O5S/c1-21-15-10-8-12(11-16(15)22(18,19)20)7-9-14(17)13-5-3-2-4-6-13/h2-11H,1H3,(H,18,19,20)/b9-7+. The molecule has 6 heteroatoms. The van der Waals surface area contributed by atoms with Crippen molar-refractivity contribution in [2.75, 3.05) is 7.11 Å². The van der Waals surface area contributed by atoms with Gasteiger partial charge in [-0.25, -0.2) is 0 Å². The molecule has 0 aliphatic rings. The minimum atomic E-state index is -4.40. The molecule has 0 bridgehead atoms. The van der Waals surface area contributed by atoms with Gasteiger partial charge in [0.05, 0.1) is 7.11 Å². The maximum absolute atomic E-state index is 11.9. The molecule has 0 radical (unpaired) electrons. The highest BCUT2D eigenvalue weighted by atomic mass is 32.2. The van der Waals surface area contributed by atoms with E-state index in [1.807, 2.05) is 6.07 Å². The summed E-state index contributed by atoms with van der Waals surface area (Å²) in [5, 5.41) is 0. The summed E-state index contributed by atoms with van der Waals surface area (Å²) < 4.78 is 36.7. The molecule has 1 N–H and O–H groups in total. The van der Waals surface area contributed by atoms with Gasteiger partial charge in [-0.15, -0.1) is 0 Å². The maximum atomic E-state index is 11.9. The third kappa shape index (κ3) is 3.81. The van der Waals surface area contributed by atoms with Crippen molar-refractivity contribution < 1.29 is 22.5 Å². The van der Waals surface area contributed by atoms with E-state index in [1.165, 1.54) is 31.4 Å². The summed E-state index contributed by atoms with van der Waals surface area (Å²) in [4.78, 5) is 11.6. The molecule has 0 spiro atoms. The van der Waals surface area contributed by atoms with E-state index in [0.717, 1.165) is 0 Å². The average Bonchev–Trinajstić information content (AvgIpc) is 2.52. The molecule has 2 rings (SSSR count). The van der Waals surface area contributed by atoms with Gasteiger partial charge in [0.25, 0.3) is 10.1 Å². The van der Waals surface area contributed by atoms with Crippen LogP contribution in [0, 0.1) is 0 Å². The van der Waals surface area contributed by atoms with Crippen LogP contribution in [0.15, 0.2) is 59.5 Å². The highest BCUT2D eigenvalue weighted by Crippen LogP contribution is 2.25. The van der Waals surface area contributed by atoms with Gasteiger partial charge in [-0.2, -0.15) is 8.42 Å². The molecule has 0 unspecified atom stereocenters. The summed E-state index contributed by atoms with van der Waals surface area (Å²) in [7, 11) is -3.10. The molecular weight excluding hydrogens is 304 g/mol. The van der Waals surface area contributed by atoms with Crippen molar-refractivity contribution in [3.63, 3.8) is 0 Å². The first kappa shape index (κ1) is 15.9. The molecule has 0 saturated carbocycles. The van der Waals surface area contributed by atoms with E-state index < -0.39 is 10.1 Å². The summed E-state index contributed by atoms with van der Waals surface area (Å²) in [5.41, 5.74) is 0.986. The van der Waals surface area contributed by atoms with Gasteiger partial charge in [-0.1, -0.05) is 42.5 Å². The molecule has 0 fully saturated rings. The van der Waals surface area contributed by atoms with Crippen LogP contribution in [-0.4, -0.2) is 25.9 Å². The van der Waals surface area contributed by atoms with Gasteiger partial charge in [-0.3, -0.25) is 9.35 Å². The Hall–Kier alpha value is -2.44. The molecular formula is C16H14O5S. The summed E-state index contributed by atoms with van der Waals surface area (Å²) in [6, 6.07) is 12.9. The first-order chi connectivity index (χ1) is 10.4. The van der Waals surface area contributed by atoms with E-state index in [9.17, 15) is 17.8 Å². The average molecular weight is 318 g/mol. The van der Waals surface area contributed by atoms with Crippen LogP contribution in [0.3, 0.4) is 0 Å². The number of allylic oxidation sites excluding steroid dienone is 1. The molecule has 0 heterocycles. The molecule has 2 aromatic carbocycles. The van der Waals surface area contributed by atoms with Crippen molar-refractivity contribution in [3.05, 3.63) is 65.7 Å². The molecule has 0 saturated heterocycles. The summed E-state index contributed by atoms with van der Waals surface area (Å²) in [6.07, 6.45) is 2.81. The largest absolute Gasteiger partial charge is 0.495 e. The van der Waals surface area contributed by atoms with Crippen molar-refractivity contribution in [3.8, 4) is 5.75 Å². The van der Waals surface area contributed by atoms with Crippen LogP contribution in [0.5, 0.6) is 5.75 Å². The SMILES string of the molecule is COc1ccc(/C=C/C(=O)c2ccccc2)cc1S(=O)(=O)O. The monoisotopic (exact) mass is 318 g/mol. The van der Waals surface area contributed by atoms with E-state index in [2.05, 4.69) is 0 Å². The molecule has 0 atom stereocenters. The van der Waals surface area contributed by atoms with Crippen LogP contribution >= 0.6 is 0 Å². The van der Waals surface area contributed by atoms with E-state index in [0.29, 0.717) is 11.1 Å². The zero-order chi connectivity index (χ0) is 16.2. The lowest BCUT2D eigenvalue weighted by molar-refractivity contribution is 0.104. The summed E-state index contributed by atoms with van der Waals surface area (Å²) in [5.74, 6) is -0.168. The fourth-order valence-electron chi connectivity index (χ4n) is 1.87. The van der Waals surface area contributed by atoms with Gasteiger partial charge in [0, 0.05) is 5.56 Å². The Labute approximate surface area is 128 Å². The van der Waals surface area contributed by atoms with E-state index in [4.69, 9.17) is 4.74 Å². The molecule has 5 nitrogen and oxygen atoms in total. The van der Waals surface area contributed by atoms with Gasteiger partial charge in [0.1, 0.15) is 10.6 Å². The molecule has 114 valence electrons. The van der Waals surface area contributed by atoms with Gasteiger partial charge in [-0.05, 0) is 23.8 Å². The molecule has 22 heavy (non-hydrogen) atoms. The van der Waals surface area contributed by atoms with Crippen molar-refractivity contribution >= 4 is 22.0 Å². The van der Waals surface area contributed by atoms with Crippen LogP contribution in [-0.2, 0) is 10.1 Å². The fraction of sp³-hybridized carbons (Fsp3) is 0.0625. The van der Waals surface area contributed by atoms with Crippen molar-refractivity contribution in [2.45, 2.75) is 4.90 Å². The Morgan fingerprint density at radius 2 is 1.82 bits per heavy atom. The van der Waals surface area contributed by atoms with Crippen LogP contribution in [0.25, 0.3) is 6.08 Å². The van der Waals surface area contributed by atoms with Crippen LogP contribution in [0.1, 0.15) is 15.9 Å². The summed E-state index contributed by atoms with van der Waals surface area (Å²) in [6.45, 7) is 0. The van der Waals surface area contributed by atoms with E-state index in [-0.39, 0.29) is 16.4 Å². The Balaban J connectivity index is 2.31. The molecule has 0 aromatic heterocycles. The van der Waals surface area contributed by atoms with Crippen LogP contribution in [0.4, 0.5) is 0 Å². The third-order valence-electron chi connectivity index (χ3n) is 2.95. The highest BCUT2D eigenvalue weighted by Gasteiger charge is 2.16. The smallest absolute Gasteiger partial charge is 0.298 e. The second-order valence-electron chi connectivity index (χ2n) is 4.45. The number of carbonyl (C=O) groups is 1. The third-order valence-corrected chi connectivity index (χ3v) is 3.83. The predicted molar refractivity (Wildman–Crippen MR) is 82.6 cm³/mol. The Morgan fingerprint density at radius 1 is 1.14 bits per heavy atom. The van der Waals surface area contributed by atoms with Gasteiger partial charge < -0.3 is 4.74 Å². The number of carbonyl (C=O) groups excluding carboxylic acids is 1. The quantitative estimate of drug-likeness (QED) is 0.521. The van der Waals surface area contributed by atoms with Crippen molar-refractivity contribution in [1.82, 2.24) is 0 Å². The number of hydrogen-bond donors (Lipinski definition) is 1. The lowest BCUT2D eigenvalue weighted by Gasteiger charge is -2.06. The topological polar surface area (TPSA) is 80.7 Å². The van der Waals surface area contributed by atoms with Gasteiger partial charge in [0.2, 0.25) is 0 Å². The number of rotatable bonds is 5. The minimum Gasteiger partial charge on any atom is -0.495 e. The van der Waals surface area contributed by atoms with Gasteiger partial charge in [0.15, 0.2) is 5.78 Å². The first-order valence-corrected chi connectivity index (χ1v) is 7.79. The Bertz CT molecular complexity index is 808. The number of methoxy groups -OCH3 is 1. The zero-order valence-electron chi connectivity index (χ0n) is 11.8. The van der Waals surface area contributed by atoms with Crippen LogP contribution in [0.2, 0.25) is 0 Å². The second-order valence-corrected chi connectivity index (χ2v) is 5.84. The van der Waals surface area contributed by atoms with Crippen molar-refractivity contribution in [1.29, 1.82) is 0 Å². The predicted octanol–water partition coefficient (Wildman–Crippen LogP) is 2.84. The number of ketones is 1. The first-order valence-electron chi connectivity index (χ1n) is 6.35. The number of hydrogen-bond acceptors (Lipinski definition) is 4. The maximum Gasteiger partial charge on any atom is 0.298 e. The normalized spacial score (nSPS) is 11.5. The Morgan fingerprint density at radius 3 is 2.41 bits per heavy atom. The fourth-order valence-corrected chi connectivity index (χ4v) is 2.56. The molecule has 2 aromatic rings. The van der Waals surface area contributed by atoms with Crippen molar-refractivity contribution in [2.24, 2.45) is 0 Å². The van der Waals surface area contributed by atoms with E-state index in [1.54, 1.807) is 30.3 Å². The van der Waals surface area contributed by atoms with E-state index >= 15 is 0 Å². The Kier molecular flexibility index (Phi) is 4.75. The molecule has 0 amide bonds. The van der Waals surface area contributed by atoms with Crippen LogP contribution < -0.4 is 4.74 Å². The lowest BCUT2D eigenvalue weighted by atomic mass is 10.1. The highest BCUT2D eigenvalue weighted by molar-refractivity contribution is 7.86.